The van der Waals surface area contributed by atoms with Gasteiger partial charge in [-0.3, -0.25) is 4.79 Å². The van der Waals surface area contributed by atoms with Gasteiger partial charge >= 0.3 is 0 Å². The molecule has 0 bridgehead atoms. The third kappa shape index (κ3) is 2.83. The first kappa shape index (κ1) is 12.3. The summed E-state index contributed by atoms with van der Waals surface area (Å²) in [6.45, 7) is -0.0973. The van der Waals surface area contributed by atoms with E-state index in [2.05, 4.69) is 4.98 Å². The number of nitrogen functional groups attached to an aromatic ring is 1. The molecule has 0 fully saturated rings. The number of carbonyl (C=O) groups excluding carboxylic acids is 1. The molecule has 0 unspecified atom stereocenters. The summed E-state index contributed by atoms with van der Waals surface area (Å²) in [4.78, 5) is 16.3. The highest BCUT2D eigenvalue weighted by Gasteiger charge is 2.13. The second-order valence-electron chi connectivity index (χ2n) is 3.15. The average molecular weight is 230 g/mol. The number of pyridine rings is 1. The Labute approximate surface area is 97.9 Å². The molecular formula is C10H10N6O. The number of rotatable bonds is 4. The lowest BCUT2D eigenvalue weighted by Gasteiger charge is -2.18. The van der Waals surface area contributed by atoms with Crippen molar-refractivity contribution in [3.8, 4) is 12.1 Å². The first-order valence-corrected chi connectivity index (χ1v) is 4.65. The van der Waals surface area contributed by atoms with Crippen LogP contribution in [0.5, 0.6) is 0 Å². The molecule has 0 saturated heterocycles. The van der Waals surface area contributed by atoms with E-state index in [1.54, 1.807) is 0 Å². The topological polar surface area (TPSA) is 133 Å². The number of carbonyl (C=O) groups is 1. The molecule has 1 aromatic heterocycles. The van der Waals surface area contributed by atoms with Gasteiger partial charge in [-0.15, -0.1) is 0 Å². The summed E-state index contributed by atoms with van der Waals surface area (Å²) in [5.41, 5.74) is 11.1. The van der Waals surface area contributed by atoms with E-state index >= 15 is 0 Å². The van der Waals surface area contributed by atoms with Crippen LogP contribution in [0.3, 0.4) is 0 Å². The fraction of sp³-hybridized carbons (Fsp3) is 0.200. The lowest BCUT2D eigenvalue weighted by atomic mass is 10.3. The van der Waals surface area contributed by atoms with Gasteiger partial charge in [0.05, 0.1) is 17.8 Å². The molecule has 0 spiro atoms. The van der Waals surface area contributed by atoms with Crippen LogP contribution in [-0.2, 0) is 0 Å². The number of primary amides is 1. The smallest absolute Gasteiger partial charge is 0.267 e. The van der Waals surface area contributed by atoms with Gasteiger partial charge in [0, 0.05) is 0 Å². The number of nitrogens with zero attached hydrogens (tertiary/aromatic N) is 4. The van der Waals surface area contributed by atoms with Crippen LogP contribution in [0.4, 0.5) is 11.5 Å². The summed E-state index contributed by atoms with van der Waals surface area (Å²) in [5.74, 6) is -0.482. The summed E-state index contributed by atoms with van der Waals surface area (Å²) in [6.07, 6.45) is 0. The maximum atomic E-state index is 11.0. The van der Waals surface area contributed by atoms with E-state index in [0.717, 1.165) is 0 Å². The van der Waals surface area contributed by atoms with Crippen LogP contribution in [0.1, 0.15) is 10.5 Å². The van der Waals surface area contributed by atoms with Crippen molar-refractivity contribution in [2.45, 2.75) is 0 Å². The van der Waals surface area contributed by atoms with Crippen LogP contribution in [-0.4, -0.2) is 24.0 Å². The molecule has 7 nitrogen and oxygen atoms in total. The van der Waals surface area contributed by atoms with Gasteiger partial charge in [0.15, 0.2) is 5.82 Å². The maximum Gasteiger partial charge on any atom is 0.267 e. The number of hydrogen-bond donors (Lipinski definition) is 2. The molecule has 17 heavy (non-hydrogen) atoms. The molecule has 0 atom stereocenters. The van der Waals surface area contributed by atoms with Crippen molar-refractivity contribution in [1.82, 2.24) is 4.98 Å². The van der Waals surface area contributed by atoms with E-state index in [1.807, 2.05) is 12.1 Å². The van der Waals surface area contributed by atoms with Gasteiger partial charge in [0.2, 0.25) is 0 Å². The van der Waals surface area contributed by atoms with E-state index in [1.165, 1.54) is 17.0 Å². The van der Waals surface area contributed by atoms with Crippen LogP contribution >= 0.6 is 0 Å². The van der Waals surface area contributed by atoms with Crippen molar-refractivity contribution < 1.29 is 4.79 Å². The third-order valence-electron chi connectivity index (χ3n) is 1.98. The zero-order valence-corrected chi connectivity index (χ0v) is 8.92. The Morgan fingerprint density at radius 1 is 1.35 bits per heavy atom. The number of anilines is 2. The fourth-order valence-corrected chi connectivity index (χ4v) is 1.23. The van der Waals surface area contributed by atoms with Crippen LogP contribution in [0.15, 0.2) is 12.1 Å². The fourth-order valence-electron chi connectivity index (χ4n) is 1.23. The highest BCUT2D eigenvalue weighted by atomic mass is 16.1. The van der Waals surface area contributed by atoms with Crippen LogP contribution in [0.25, 0.3) is 0 Å². The van der Waals surface area contributed by atoms with Gasteiger partial charge in [-0.1, -0.05) is 0 Å². The monoisotopic (exact) mass is 230 g/mol. The van der Waals surface area contributed by atoms with Crippen molar-refractivity contribution in [3.63, 3.8) is 0 Å². The Balaban J connectivity index is 3.18. The van der Waals surface area contributed by atoms with Crippen LogP contribution < -0.4 is 16.4 Å². The van der Waals surface area contributed by atoms with E-state index in [0.29, 0.717) is 0 Å². The van der Waals surface area contributed by atoms with Gasteiger partial charge < -0.3 is 16.4 Å². The molecular weight excluding hydrogens is 220 g/mol. The van der Waals surface area contributed by atoms with Crippen LogP contribution in [0.2, 0.25) is 0 Å². The van der Waals surface area contributed by atoms with Crippen molar-refractivity contribution in [2.24, 2.45) is 5.73 Å². The summed E-state index contributed by atoms with van der Waals surface area (Å²) in [6, 6.07) is 6.63. The number of aromatic nitrogens is 1. The molecule has 1 heterocycles. The summed E-state index contributed by atoms with van der Waals surface area (Å²) < 4.78 is 0. The van der Waals surface area contributed by atoms with Crippen LogP contribution in [0, 0.1) is 22.7 Å². The number of amides is 1. The van der Waals surface area contributed by atoms with Gasteiger partial charge in [-0.05, 0) is 12.1 Å². The number of nitrogens with two attached hydrogens (primary N) is 2. The molecule has 0 aliphatic carbocycles. The zero-order chi connectivity index (χ0) is 12.8. The summed E-state index contributed by atoms with van der Waals surface area (Å²) in [5, 5.41) is 17.3. The van der Waals surface area contributed by atoms with Crippen molar-refractivity contribution >= 4 is 17.4 Å². The lowest BCUT2D eigenvalue weighted by Crippen LogP contribution is -2.27. The molecule has 1 amide bonds. The van der Waals surface area contributed by atoms with Crippen molar-refractivity contribution in [1.29, 1.82) is 10.5 Å². The Bertz CT molecular complexity index is 497. The largest absolute Gasteiger partial charge is 0.396 e. The molecule has 86 valence electrons. The Morgan fingerprint density at radius 2 is 1.94 bits per heavy atom. The van der Waals surface area contributed by atoms with E-state index in [9.17, 15) is 4.79 Å². The van der Waals surface area contributed by atoms with E-state index < -0.39 is 5.91 Å². The van der Waals surface area contributed by atoms with Gasteiger partial charge in [-0.25, -0.2) is 4.98 Å². The maximum absolute atomic E-state index is 11.0. The minimum absolute atomic E-state index is 0.0371. The predicted octanol–water partition coefficient (Wildman–Crippen LogP) is -0.384. The van der Waals surface area contributed by atoms with Crippen molar-refractivity contribution in [3.05, 3.63) is 17.8 Å². The highest BCUT2D eigenvalue weighted by molar-refractivity contribution is 5.91. The zero-order valence-electron chi connectivity index (χ0n) is 8.92. The molecule has 1 rings (SSSR count). The van der Waals surface area contributed by atoms with Gasteiger partial charge in [0.1, 0.15) is 18.8 Å². The Morgan fingerprint density at radius 3 is 2.41 bits per heavy atom. The minimum atomic E-state index is -0.694. The van der Waals surface area contributed by atoms with E-state index in [4.69, 9.17) is 22.0 Å². The molecule has 0 radical (unpaired) electrons. The number of hydrogen-bond acceptors (Lipinski definition) is 6. The minimum Gasteiger partial charge on any atom is -0.396 e. The lowest BCUT2D eigenvalue weighted by molar-refractivity contribution is 0.0995. The van der Waals surface area contributed by atoms with Gasteiger partial charge in [0.25, 0.3) is 5.91 Å². The Kier molecular flexibility index (Phi) is 3.85. The highest BCUT2D eigenvalue weighted by Crippen LogP contribution is 2.20. The normalized spacial score (nSPS) is 9.06. The SMILES string of the molecule is N#CCN(CC#N)c1nc(C(N)=O)ccc1N. The summed E-state index contributed by atoms with van der Waals surface area (Å²) in [7, 11) is 0. The third-order valence-corrected chi connectivity index (χ3v) is 1.98. The molecule has 0 aliphatic rings. The Hall–Kier alpha value is -2.80. The van der Waals surface area contributed by atoms with E-state index in [-0.39, 0.29) is 30.3 Å². The molecule has 0 aliphatic heterocycles. The molecule has 0 aromatic carbocycles. The molecule has 7 heteroatoms. The standard InChI is InChI=1S/C10H10N6O/c11-3-5-16(6-4-12)10-7(13)1-2-8(15-10)9(14)17/h1-2H,5-6,13H2,(H2,14,17). The first-order chi connectivity index (χ1) is 8.10. The number of nitriles is 2. The second kappa shape index (κ2) is 5.33. The average Bonchev–Trinajstić information content (AvgIpc) is 2.29. The second-order valence-corrected chi connectivity index (χ2v) is 3.15. The molecule has 0 saturated carbocycles. The van der Waals surface area contributed by atoms with Crippen molar-refractivity contribution in [2.75, 3.05) is 23.7 Å². The quantitative estimate of drug-likeness (QED) is 0.677. The molecule has 4 N–H and O–H groups in total. The first-order valence-electron chi connectivity index (χ1n) is 4.65. The molecule has 1 aromatic rings. The van der Waals surface area contributed by atoms with Gasteiger partial charge in [-0.2, -0.15) is 10.5 Å². The summed E-state index contributed by atoms with van der Waals surface area (Å²) >= 11 is 0. The predicted molar refractivity (Wildman–Crippen MR) is 60.6 cm³/mol.